The summed E-state index contributed by atoms with van der Waals surface area (Å²) in [5, 5.41) is 9.99. The lowest BCUT2D eigenvalue weighted by atomic mass is 9.78. The average molecular weight is 479 g/mol. The van der Waals surface area contributed by atoms with Gasteiger partial charge in [0, 0.05) is 30.4 Å². The third-order valence-corrected chi connectivity index (χ3v) is 6.47. The molecule has 1 aromatic carbocycles. The summed E-state index contributed by atoms with van der Waals surface area (Å²) in [4.78, 5) is 22.0. The molecule has 0 aliphatic heterocycles. The van der Waals surface area contributed by atoms with Crippen molar-refractivity contribution in [1.82, 2.24) is 9.97 Å². The number of aliphatic hydroxyl groups excluding tert-OH is 1. The average Bonchev–Trinajstić information content (AvgIpc) is 2.86. The van der Waals surface area contributed by atoms with Gasteiger partial charge in [-0.2, -0.15) is 0 Å². The molecule has 0 saturated heterocycles. The molecule has 0 radical (unpaired) electrons. The second-order valence-corrected chi connectivity index (χ2v) is 9.04. The first-order valence-electron chi connectivity index (χ1n) is 12.0. The zero-order chi connectivity index (χ0) is 24.9. The number of ketones is 1. The first kappa shape index (κ1) is 24.8. The second-order valence-electron chi connectivity index (χ2n) is 9.04. The van der Waals surface area contributed by atoms with E-state index in [1.165, 1.54) is 6.07 Å². The van der Waals surface area contributed by atoms with E-state index in [-0.39, 0.29) is 41.1 Å². The van der Waals surface area contributed by atoms with E-state index in [2.05, 4.69) is 9.97 Å². The number of aliphatic hydroxyl groups is 1. The Morgan fingerprint density at radius 3 is 2.83 bits per heavy atom. The summed E-state index contributed by atoms with van der Waals surface area (Å²) in [7, 11) is 0. The summed E-state index contributed by atoms with van der Waals surface area (Å²) in [6, 6.07) is 9.25. The van der Waals surface area contributed by atoms with Crippen molar-refractivity contribution in [1.29, 1.82) is 0 Å². The number of carbonyl (C=O) groups is 1. The summed E-state index contributed by atoms with van der Waals surface area (Å²) >= 11 is 0. The zero-order valence-corrected chi connectivity index (χ0v) is 19.8. The number of nitrogens with two attached hydrogens (primary N) is 2. The van der Waals surface area contributed by atoms with Gasteiger partial charge in [0.05, 0.1) is 24.1 Å². The number of pyridine rings is 2. The number of anilines is 1. The van der Waals surface area contributed by atoms with Gasteiger partial charge in [0.1, 0.15) is 17.3 Å². The first-order chi connectivity index (χ1) is 16.9. The van der Waals surface area contributed by atoms with Gasteiger partial charge < -0.3 is 21.3 Å². The molecule has 0 amide bonds. The van der Waals surface area contributed by atoms with Crippen LogP contribution in [0.4, 0.5) is 10.1 Å². The summed E-state index contributed by atoms with van der Waals surface area (Å²) in [6.45, 7) is 2.51. The van der Waals surface area contributed by atoms with Crippen LogP contribution in [0.3, 0.4) is 0 Å². The monoisotopic (exact) mass is 478 g/mol. The molecule has 1 fully saturated rings. The van der Waals surface area contributed by atoms with E-state index in [1.807, 2.05) is 13.0 Å². The molecule has 8 heteroatoms. The predicted molar refractivity (Wildman–Crippen MR) is 133 cm³/mol. The number of nitrogens with zero attached hydrogens (tertiary/aromatic N) is 2. The molecule has 4 rings (SSSR count). The number of nitrogen functional groups attached to an aromatic ring is 1. The largest absolute Gasteiger partial charge is 0.494 e. The second kappa shape index (κ2) is 10.9. The number of rotatable bonds is 8. The van der Waals surface area contributed by atoms with Gasteiger partial charge in [-0.15, -0.1) is 0 Å². The molecule has 0 spiro atoms. The molecule has 0 bridgehead atoms. The fraction of sp³-hybridized carbons (Fsp3) is 0.370. The van der Waals surface area contributed by atoms with Gasteiger partial charge in [-0.25, -0.2) is 9.37 Å². The minimum Gasteiger partial charge on any atom is -0.494 e. The highest BCUT2D eigenvalue weighted by Gasteiger charge is 2.29. The lowest BCUT2D eigenvalue weighted by molar-refractivity contribution is 0.0977. The Bertz CT molecular complexity index is 1200. The third-order valence-electron chi connectivity index (χ3n) is 6.47. The number of aromatic nitrogens is 2. The maximum absolute atomic E-state index is 14.6. The lowest BCUT2D eigenvalue weighted by Crippen LogP contribution is -2.39. The van der Waals surface area contributed by atoms with Gasteiger partial charge >= 0.3 is 0 Å². The minimum atomic E-state index is -0.504. The van der Waals surface area contributed by atoms with Crippen LogP contribution in [0.25, 0.3) is 11.3 Å². The predicted octanol–water partition coefficient (Wildman–Crippen LogP) is 4.03. The lowest BCUT2D eigenvalue weighted by Gasteiger charge is -2.32. The Kier molecular flexibility index (Phi) is 7.73. The molecule has 35 heavy (non-hydrogen) atoms. The topological polar surface area (TPSA) is 124 Å². The van der Waals surface area contributed by atoms with Crippen molar-refractivity contribution >= 4 is 11.5 Å². The van der Waals surface area contributed by atoms with Gasteiger partial charge in [-0.3, -0.25) is 9.78 Å². The standard InChI is InChI=1S/C27H31FN4O3/c1-2-11-35-18-4-5-21(28)20(14-18)24-7-6-22(29)27(32-24)26(34)13-17-15-31-10-9-19(17)16-3-8-25(33)23(30)12-16/h4-7,9-10,14-16,23,25,33H,2-3,8,11-13,29-30H2,1H3/t16-,23-,25+/m1/s1. The van der Waals surface area contributed by atoms with E-state index >= 15 is 0 Å². The summed E-state index contributed by atoms with van der Waals surface area (Å²) in [5.41, 5.74) is 14.8. The molecule has 7 nitrogen and oxygen atoms in total. The summed E-state index contributed by atoms with van der Waals surface area (Å²) < 4.78 is 20.2. The molecule has 2 heterocycles. The Morgan fingerprint density at radius 2 is 2.06 bits per heavy atom. The molecule has 0 unspecified atom stereocenters. The Balaban J connectivity index is 1.60. The van der Waals surface area contributed by atoms with Crippen molar-refractivity contribution in [3.05, 3.63) is 71.4 Å². The van der Waals surface area contributed by atoms with Crippen LogP contribution >= 0.6 is 0 Å². The molecular weight excluding hydrogens is 447 g/mol. The summed E-state index contributed by atoms with van der Waals surface area (Å²) in [6.07, 6.45) is 5.79. The number of halogens is 1. The smallest absolute Gasteiger partial charge is 0.187 e. The Labute approximate surface area is 204 Å². The normalized spacial score (nSPS) is 19.9. The molecule has 2 aromatic heterocycles. The molecule has 1 aliphatic rings. The molecular formula is C27H31FN4O3. The van der Waals surface area contributed by atoms with Crippen molar-refractivity contribution in [3.8, 4) is 17.0 Å². The van der Waals surface area contributed by atoms with Crippen LogP contribution < -0.4 is 16.2 Å². The number of hydrogen-bond donors (Lipinski definition) is 3. The fourth-order valence-corrected chi connectivity index (χ4v) is 4.57. The highest BCUT2D eigenvalue weighted by Crippen LogP contribution is 2.34. The zero-order valence-electron chi connectivity index (χ0n) is 19.8. The quantitative estimate of drug-likeness (QED) is 0.418. The van der Waals surface area contributed by atoms with Crippen LogP contribution in [0.15, 0.2) is 48.8 Å². The van der Waals surface area contributed by atoms with Gasteiger partial charge in [-0.05, 0) is 79.1 Å². The van der Waals surface area contributed by atoms with E-state index in [4.69, 9.17) is 16.2 Å². The third kappa shape index (κ3) is 5.66. The van der Waals surface area contributed by atoms with Crippen LogP contribution in [0.5, 0.6) is 5.75 Å². The highest BCUT2D eigenvalue weighted by molar-refractivity contribution is 6.00. The molecule has 1 aliphatic carbocycles. The van der Waals surface area contributed by atoms with Crippen molar-refractivity contribution in [2.24, 2.45) is 5.73 Å². The van der Waals surface area contributed by atoms with Crippen LogP contribution in [0.1, 0.15) is 60.1 Å². The van der Waals surface area contributed by atoms with Crippen molar-refractivity contribution in [2.75, 3.05) is 12.3 Å². The van der Waals surface area contributed by atoms with Gasteiger partial charge in [0.25, 0.3) is 0 Å². The highest BCUT2D eigenvalue weighted by atomic mass is 19.1. The van der Waals surface area contributed by atoms with Crippen molar-refractivity contribution in [2.45, 2.75) is 57.1 Å². The van der Waals surface area contributed by atoms with Crippen molar-refractivity contribution in [3.63, 3.8) is 0 Å². The van der Waals surface area contributed by atoms with Crippen molar-refractivity contribution < 1.29 is 19.0 Å². The van der Waals surface area contributed by atoms with E-state index < -0.39 is 11.9 Å². The maximum atomic E-state index is 14.6. The van der Waals surface area contributed by atoms with Crippen LogP contribution in [-0.4, -0.2) is 39.6 Å². The number of hydrogen-bond acceptors (Lipinski definition) is 7. The van der Waals surface area contributed by atoms with Gasteiger partial charge in [0.15, 0.2) is 5.78 Å². The maximum Gasteiger partial charge on any atom is 0.187 e. The van der Waals surface area contributed by atoms with E-state index in [9.17, 15) is 14.3 Å². The van der Waals surface area contributed by atoms with E-state index in [1.54, 1.807) is 36.7 Å². The Morgan fingerprint density at radius 1 is 1.23 bits per heavy atom. The van der Waals surface area contributed by atoms with E-state index in [0.717, 1.165) is 24.0 Å². The van der Waals surface area contributed by atoms with Crippen LogP contribution in [-0.2, 0) is 6.42 Å². The molecule has 1 saturated carbocycles. The minimum absolute atomic E-state index is 0.0558. The van der Waals surface area contributed by atoms with Crippen LogP contribution in [0, 0.1) is 5.82 Å². The summed E-state index contributed by atoms with van der Waals surface area (Å²) in [5.74, 6) is -0.0752. The van der Waals surface area contributed by atoms with Gasteiger partial charge in [-0.1, -0.05) is 6.92 Å². The number of ether oxygens (including phenoxy) is 1. The van der Waals surface area contributed by atoms with Gasteiger partial charge in [0.2, 0.25) is 0 Å². The SMILES string of the molecule is CCCOc1ccc(F)c(-c2ccc(N)c(C(=O)Cc3cnccc3[C@@H]3CC[C@H](O)[C@H](N)C3)n2)c1. The molecule has 3 atom stereocenters. The first-order valence-corrected chi connectivity index (χ1v) is 12.0. The van der Waals surface area contributed by atoms with E-state index in [0.29, 0.717) is 30.9 Å². The number of Topliss-reactive ketones (excluding diaryl/α,β-unsaturated/α-hetero) is 1. The number of benzene rings is 1. The Hall–Kier alpha value is -3.36. The molecule has 184 valence electrons. The molecule has 5 N–H and O–H groups in total. The fourth-order valence-electron chi connectivity index (χ4n) is 4.57. The molecule has 3 aromatic rings. The van der Waals surface area contributed by atoms with Crippen LogP contribution in [0.2, 0.25) is 0 Å². The number of carbonyl (C=O) groups excluding carboxylic acids is 1.